The molecule has 0 radical (unpaired) electrons. The lowest BCUT2D eigenvalue weighted by Gasteiger charge is -2.08. The Balaban J connectivity index is 1.99. The number of nitrogens with one attached hydrogen (secondary N) is 1. The maximum absolute atomic E-state index is 4.64. The molecule has 0 saturated heterocycles. The standard InChI is InChI=1S/C13H17N7S/c1-4-5-14-10-8-20-7-6-15-11(20)12(16-10)21-13-18-17-9(2)19(13)3/h6-8,14H,4-5H2,1-3H3. The second-order valence-corrected chi connectivity index (χ2v) is 5.66. The summed E-state index contributed by atoms with van der Waals surface area (Å²) >= 11 is 1.47. The molecule has 8 heteroatoms. The van der Waals surface area contributed by atoms with E-state index in [2.05, 4.69) is 32.4 Å². The molecule has 3 rings (SSSR count). The number of hydrogen-bond donors (Lipinski definition) is 1. The van der Waals surface area contributed by atoms with Gasteiger partial charge in [-0.1, -0.05) is 6.92 Å². The molecule has 7 nitrogen and oxygen atoms in total. The zero-order valence-electron chi connectivity index (χ0n) is 12.2. The van der Waals surface area contributed by atoms with Crippen LogP contribution in [-0.4, -0.2) is 35.7 Å². The highest BCUT2D eigenvalue weighted by Gasteiger charge is 2.13. The number of hydrogen-bond acceptors (Lipinski definition) is 6. The molecule has 110 valence electrons. The van der Waals surface area contributed by atoms with Crippen molar-refractivity contribution in [3.63, 3.8) is 0 Å². The van der Waals surface area contributed by atoms with Crippen LogP contribution in [0.3, 0.4) is 0 Å². The zero-order chi connectivity index (χ0) is 14.8. The van der Waals surface area contributed by atoms with Crippen LogP contribution >= 0.6 is 11.8 Å². The number of nitrogens with zero attached hydrogens (tertiary/aromatic N) is 6. The summed E-state index contributed by atoms with van der Waals surface area (Å²) in [7, 11) is 1.94. The summed E-state index contributed by atoms with van der Waals surface area (Å²) in [6, 6.07) is 0. The van der Waals surface area contributed by atoms with E-state index in [1.54, 1.807) is 6.20 Å². The summed E-state index contributed by atoms with van der Waals surface area (Å²) in [6.45, 7) is 4.94. The van der Waals surface area contributed by atoms with Crippen LogP contribution in [0.4, 0.5) is 5.82 Å². The third kappa shape index (κ3) is 2.71. The number of rotatable bonds is 5. The summed E-state index contributed by atoms with van der Waals surface area (Å²) in [4.78, 5) is 9.01. The number of anilines is 1. The first-order valence-electron chi connectivity index (χ1n) is 6.80. The van der Waals surface area contributed by atoms with Gasteiger partial charge < -0.3 is 14.3 Å². The lowest BCUT2D eigenvalue weighted by Crippen LogP contribution is -2.05. The topological polar surface area (TPSA) is 72.9 Å². The van der Waals surface area contributed by atoms with Gasteiger partial charge in [0.05, 0.1) is 6.20 Å². The van der Waals surface area contributed by atoms with Crippen molar-refractivity contribution in [2.24, 2.45) is 7.05 Å². The Morgan fingerprint density at radius 3 is 2.90 bits per heavy atom. The minimum atomic E-state index is 0.803. The van der Waals surface area contributed by atoms with Crippen LogP contribution in [0, 0.1) is 6.92 Å². The molecule has 0 aromatic carbocycles. The van der Waals surface area contributed by atoms with E-state index in [1.165, 1.54) is 11.8 Å². The molecule has 0 atom stereocenters. The Kier molecular flexibility index (Phi) is 3.78. The van der Waals surface area contributed by atoms with E-state index in [9.17, 15) is 0 Å². The second kappa shape index (κ2) is 5.72. The van der Waals surface area contributed by atoms with Crippen molar-refractivity contribution in [1.29, 1.82) is 0 Å². The van der Waals surface area contributed by atoms with Gasteiger partial charge in [0.2, 0.25) is 0 Å². The predicted octanol–water partition coefficient (Wildman–Crippen LogP) is 2.14. The van der Waals surface area contributed by atoms with Gasteiger partial charge in [0.25, 0.3) is 0 Å². The van der Waals surface area contributed by atoms with Gasteiger partial charge in [0.1, 0.15) is 16.7 Å². The number of imidazole rings is 1. The van der Waals surface area contributed by atoms with Gasteiger partial charge >= 0.3 is 0 Å². The summed E-state index contributed by atoms with van der Waals surface area (Å²) in [5, 5.41) is 13.2. The van der Waals surface area contributed by atoms with E-state index in [1.807, 2.05) is 35.3 Å². The molecular weight excluding hydrogens is 286 g/mol. The molecule has 1 N–H and O–H groups in total. The fourth-order valence-corrected chi connectivity index (χ4v) is 2.79. The summed E-state index contributed by atoms with van der Waals surface area (Å²) < 4.78 is 3.91. The van der Waals surface area contributed by atoms with Gasteiger partial charge in [0, 0.05) is 26.0 Å². The molecule has 0 aliphatic carbocycles. The molecule has 3 aromatic heterocycles. The van der Waals surface area contributed by atoms with Gasteiger partial charge in [-0.2, -0.15) is 0 Å². The van der Waals surface area contributed by atoms with Crippen LogP contribution in [-0.2, 0) is 7.05 Å². The Morgan fingerprint density at radius 1 is 1.33 bits per heavy atom. The van der Waals surface area contributed by atoms with Gasteiger partial charge in [-0.05, 0) is 25.1 Å². The molecule has 0 unspecified atom stereocenters. The molecule has 3 heterocycles. The first kappa shape index (κ1) is 13.9. The molecular formula is C13H17N7S. The maximum atomic E-state index is 4.64. The molecule has 0 amide bonds. The molecule has 21 heavy (non-hydrogen) atoms. The fourth-order valence-electron chi connectivity index (χ4n) is 1.87. The van der Waals surface area contributed by atoms with Crippen LogP contribution in [0.25, 0.3) is 5.65 Å². The second-order valence-electron chi connectivity index (χ2n) is 4.71. The first-order chi connectivity index (χ1) is 10.2. The lowest BCUT2D eigenvalue weighted by atomic mass is 10.5. The normalized spacial score (nSPS) is 11.2. The van der Waals surface area contributed by atoms with E-state index in [0.29, 0.717) is 0 Å². The van der Waals surface area contributed by atoms with E-state index >= 15 is 0 Å². The Hall–Kier alpha value is -2.09. The zero-order valence-corrected chi connectivity index (χ0v) is 13.1. The van der Waals surface area contributed by atoms with Crippen molar-refractivity contribution in [1.82, 2.24) is 29.1 Å². The Labute approximate surface area is 126 Å². The SMILES string of the molecule is CCCNc1cn2ccnc2c(Sc2nnc(C)n2C)n1. The monoisotopic (exact) mass is 303 g/mol. The van der Waals surface area contributed by atoms with Crippen molar-refractivity contribution < 1.29 is 0 Å². The number of aryl methyl sites for hydroxylation is 1. The Morgan fingerprint density at radius 2 is 2.19 bits per heavy atom. The highest BCUT2D eigenvalue weighted by Crippen LogP contribution is 2.28. The van der Waals surface area contributed by atoms with Crippen LogP contribution < -0.4 is 5.32 Å². The van der Waals surface area contributed by atoms with E-state index < -0.39 is 0 Å². The van der Waals surface area contributed by atoms with E-state index in [-0.39, 0.29) is 0 Å². The average molecular weight is 303 g/mol. The van der Waals surface area contributed by atoms with Gasteiger partial charge in [-0.15, -0.1) is 10.2 Å². The highest BCUT2D eigenvalue weighted by atomic mass is 32.2. The largest absolute Gasteiger partial charge is 0.369 e. The van der Waals surface area contributed by atoms with Crippen LogP contribution in [0.2, 0.25) is 0 Å². The van der Waals surface area contributed by atoms with Gasteiger partial charge in [-0.25, -0.2) is 9.97 Å². The minimum absolute atomic E-state index is 0.803. The quantitative estimate of drug-likeness (QED) is 0.778. The third-order valence-corrected chi connectivity index (χ3v) is 4.15. The van der Waals surface area contributed by atoms with Crippen LogP contribution in [0.15, 0.2) is 28.8 Å². The summed E-state index contributed by atoms with van der Waals surface area (Å²) in [6.07, 6.45) is 6.69. The van der Waals surface area contributed by atoms with Crippen molar-refractivity contribution in [3.05, 3.63) is 24.4 Å². The maximum Gasteiger partial charge on any atom is 0.197 e. The van der Waals surface area contributed by atoms with Crippen molar-refractivity contribution in [3.8, 4) is 0 Å². The van der Waals surface area contributed by atoms with Crippen molar-refractivity contribution >= 4 is 23.2 Å². The van der Waals surface area contributed by atoms with Gasteiger partial charge in [-0.3, -0.25) is 0 Å². The molecule has 0 spiro atoms. The number of fused-ring (bicyclic) bond motifs is 1. The third-order valence-electron chi connectivity index (χ3n) is 3.14. The summed E-state index contributed by atoms with van der Waals surface area (Å²) in [5.41, 5.74) is 0.822. The average Bonchev–Trinajstić information content (AvgIpc) is 3.07. The van der Waals surface area contributed by atoms with Crippen molar-refractivity contribution in [2.45, 2.75) is 30.5 Å². The molecule has 0 fully saturated rings. The predicted molar refractivity (Wildman–Crippen MR) is 81.6 cm³/mol. The Bertz CT molecular complexity index is 761. The van der Waals surface area contributed by atoms with E-state index in [4.69, 9.17) is 0 Å². The van der Waals surface area contributed by atoms with Gasteiger partial charge in [0.15, 0.2) is 10.8 Å². The molecule has 0 saturated carbocycles. The highest BCUT2D eigenvalue weighted by molar-refractivity contribution is 7.99. The van der Waals surface area contributed by atoms with Crippen LogP contribution in [0.5, 0.6) is 0 Å². The lowest BCUT2D eigenvalue weighted by molar-refractivity contribution is 0.764. The van der Waals surface area contributed by atoms with E-state index in [0.717, 1.165) is 40.4 Å². The fraction of sp³-hybridized carbons (Fsp3) is 0.385. The smallest absolute Gasteiger partial charge is 0.197 e. The molecule has 0 bridgehead atoms. The minimum Gasteiger partial charge on any atom is -0.369 e. The summed E-state index contributed by atoms with van der Waals surface area (Å²) in [5.74, 6) is 1.71. The molecule has 0 aliphatic rings. The van der Waals surface area contributed by atoms with Crippen LogP contribution in [0.1, 0.15) is 19.2 Å². The van der Waals surface area contributed by atoms with Crippen molar-refractivity contribution in [2.75, 3.05) is 11.9 Å². The molecule has 0 aliphatic heterocycles. The first-order valence-corrected chi connectivity index (χ1v) is 7.62. The molecule has 3 aromatic rings. The number of aromatic nitrogens is 6.